The molecule has 26 heavy (non-hydrogen) atoms. The molecule has 1 N–H and O–H groups in total. The van der Waals surface area contributed by atoms with Gasteiger partial charge in [0.15, 0.2) is 0 Å². The molecular weight excluding hydrogens is 352 g/mol. The maximum Gasteiger partial charge on any atom is 0.240 e. The minimum Gasteiger partial charge on any atom is -0.492 e. The molecule has 6 nitrogen and oxygen atoms in total. The summed E-state index contributed by atoms with van der Waals surface area (Å²) in [6.45, 7) is 4.16. The van der Waals surface area contributed by atoms with Gasteiger partial charge in [-0.05, 0) is 49.2 Å². The number of ether oxygens (including phenoxy) is 1. The van der Waals surface area contributed by atoms with Gasteiger partial charge < -0.3 is 10.1 Å². The third kappa shape index (κ3) is 6.07. The van der Waals surface area contributed by atoms with Crippen molar-refractivity contribution in [2.24, 2.45) is 0 Å². The number of nitrogens with one attached hydrogen (secondary N) is 1. The molecule has 2 aromatic carbocycles. The van der Waals surface area contributed by atoms with Gasteiger partial charge in [-0.1, -0.05) is 24.3 Å². The van der Waals surface area contributed by atoms with Gasteiger partial charge in [0, 0.05) is 0 Å². The van der Waals surface area contributed by atoms with E-state index in [1.54, 1.807) is 18.2 Å². The van der Waals surface area contributed by atoms with Crippen LogP contribution in [0.5, 0.6) is 5.75 Å². The highest BCUT2D eigenvalue weighted by Gasteiger charge is 2.20. The maximum atomic E-state index is 12.2. The molecule has 2 aromatic rings. The number of rotatable bonds is 8. The number of amides is 1. The smallest absolute Gasteiger partial charge is 0.240 e. The van der Waals surface area contributed by atoms with E-state index in [9.17, 15) is 13.2 Å². The molecule has 0 fully saturated rings. The molecule has 0 saturated carbocycles. The summed E-state index contributed by atoms with van der Waals surface area (Å²) in [6.07, 6.45) is 1.09. The molecule has 2 rings (SSSR count). The van der Waals surface area contributed by atoms with E-state index in [1.165, 1.54) is 0 Å². The SMILES string of the molecule is Cc1cccc(OCCNC(=O)CN(c2cccc(C)c2)S(C)(=O)=O)c1. The quantitative estimate of drug-likeness (QED) is 0.717. The number of hydrogen-bond acceptors (Lipinski definition) is 4. The Morgan fingerprint density at radius 2 is 1.73 bits per heavy atom. The molecule has 1 amide bonds. The van der Waals surface area contributed by atoms with Gasteiger partial charge in [-0.25, -0.2) is 8.42 Å². The average molecular weight is 376 g/mol. The standard InChI is InChI=1S/C19H24N2O4S/c1-15-6-4-8-17(12-15)21(26(3,23)24)14-19(22)20-10-11-25-18-9-5-7-16(2)13-18/h4-9,12-13H,10-11,14H2,1-3H3,(H,20,22). The van der Waals surface area contributed by atoms with E-state index >= 15 is 0 Å². The highest BCUT2D eigenvalue weighted by atomic mass is 32.2. The van der Waals surface area contributed by atoms with Crippen LogP contribution in [0.15, 0.2) is 48.5 Å². The number of aryl methyl sites for hydroxylation is 2. The van der Waals surface area contributed by atoms with E-state index in [-0.39, 0.29) is 19.0 Å². The van der Waals surface area contributed by atoms with Crippen LogP contribution < -0.4 is 14.4 Å². The molecule has 0 atom stereocenters. The Kier molecular flexibility index (Phi) is 6.63. The zero-order valence-corrected chi connectivity index (χ0v) is 16.0. The summed E-state index contributed by atoms with van der Waals surface area (Å²) in [4.78, 5) is 12.2. The summed E-state index contributed by atoms with van der Waals surface area (Å²) in [5.41, 5.74) is 2.48. The van der Waals surface area contributed by atoms with E-state index < -0.39 is 10.0 Å². The van der Waals surface area contributed by atoms with Gasteiger partial charge in [-0.15, -0.1) is 0 Å². The second-order valence-corrected chi connectivity index (χ2v) is 8.03. The molecule has 0 saturated heterocycles. The summed E-state index contributed by atoms with van der Waals surface area (Å²) >= 11 is 0. The van der Waals surface area contributed by atoms with Gasteiger partial charge in [0.05, 0.1) is 18.5 Å². The van der Waals surface area contributed by atoms with E-state index in [0.717, 1.165) is 27.4 Å². The fourth-order valence-corrected chi connectivity index (χ4v) is 3.28. The van der Waals surface area contributed by atoms with Gasteiger partial charge in [0.1, 0.15) is 18.9 Å². The normalized spacial score (nSPS) is 11.0. The van der Waals surface area contributed by atoms with Crippen molar-refractivity contribution >= 4 is 21.6 Å². The molecule has 0 aliphatic carbocycles. The number of carbonyl (C=O) groups is 1. The zero-order chi connectivity index (χ0) is 19.2. The fraction of sp³-hybridized carbons (Fsp3) is 0.316. The van der Waals surface area contributed by atoms with Crippen LogP contribution in [0, 0.1) is 13.8 Å². The number of nitrogens with zero attached hydrogens (tertiary/aromatic N) is 1. The van der Waals surface area contributed by atoms with Crippen LogP contribution in [0.25, 0.3) is 0 Å². The lowest BCUT2D eigenvalue weighted by atomic mass is 10.2. The van der Waals surface area contributed by atoms with Crippen molar-refractivity contribution in [3.8, 4) is 5.75 Å². The molecule has 0 radical (unpaired) electrons. The van der Waals surface area contributed by atoms with Gasteiger partial charge in [0.25, 0.3) is 0 Å². The lowest BCUT2D eigenvalue weighted by Gasteiger charge is -2.22. The molecule has 0 heterocycles. The van der Waals surface area contributed by atoms with Crippen molar-refractivity contribution in [1.82, 2.24) is 5.32 Å². The highest BCUT2D eigenvalue weighted by Crippen LogP contribution is 2.18. The van der Waals surface area contributed by atoms with Crippen molar-refractivity contribution in [3.05, 3.63) is 59.7 Å². The Morgan fingerprint density at radius 1 is 1.08 bits per heavy atom. The molecule has 0 bridgehead atoms. The number of benzene rings is 2. The van der Waals surface area contributed by atoms with Crippen LogP contribution in [0.4, 0.5) is 5.69 Å². The Hall–Kier alpha value is -2.54. The number of hydrogen-bond donors (Lipinski definition) is 1. The number of carbonyl (C=O) groups excluding carboxylic acids is 1. The van der Waals surface area contributed by atoms with Crippen LogP contribution >= 0.6 is 0 Å². The summed E-state index contributed by atoms with van der Waals surface area (Å²) in [7, 11) is -3.57. The summed E-state index contributed by atoms with van der Waals surface area (Å²) in [6, 6.07) is 14.7. The van der Waals surface area contributed by atoms with Crippen molar-refractivity contribution in [3.63, 3.8) is 0 Å². The molecule has 0 aliphatic heterocycles. The first kappa shape index (κ1) is 19.8. The third-order valence-electron chi connectivity index (χ3n) is 3.66. The Morgan fingerprint density at radius 3 is 2.35 bits per heavy atom. The topological polar surface area (TPSA) is 75.7 Å². The second-order valence-electron chi connectivity index (χ2n) is 6.12. The molecule has 7 heteroatoms. The summed E-state index contributed by atoms with van der Waals surface area (Å²) in [5.74, 6) is 0.349. The lowest BCUT2D eigenvalue weighted by molar-refractivity contribution is -0.119. The van der Waals surface area contributed by atoms with E-state index in [4.69, 9.17) is 4.74 Å². The zero-order valence-electron chi connectivity index (χ0n) is 15.2. The Labute approximate surface area is 154 Å². The van der Waals surface area contributed by atoms with Gasteiger partial charge in [0.2, 0.25) is 15.9 Å². The molecule has 0 spiro atoms. The van der Waals surface area contributed by atoms with Crippen LogP contribution in [0.2, 0.25) is 0 Å². The maximum absolute atomic E-state index is 12.2. The first-order valence-corrected chi connectivity index (χ1v) is 10.1. The summed E-state index contributed by atoms with van der Waals surface area (Å²) in [5, 5.41) is 2.68. The molecular formula is C19H24N2O4S. The largest absolute Gasteiger partial charge is 0.492 e. The van der Waals surface area contributed by atoms with Crippen molar-refractivity contribution < 1.29 is 17.9 Å². The first-order valence-electron chi connectivity index (χ1n) is 8.26. The highest BCUT2D eigenvalue weighted by molar-refractivity contribution is 7.92. The predicted octanol–water partition coefficient (Wildman–Crippen LogP) is 2.26. The number of anilines is 1. The van der Waals surface area contributed by atoms with Gasteiger partial charge >= 0.3 is 0 Å². The monoisotopic (exact) mass is 376 g/mol. The first-order chi connectivity index (χ1) is 12.3. The van der Waals surface area contributed by atoms with E-state index in [1.807, 2.05) is 44.2 Å². The van der Waals surface area contributed by atoms with Crippen LogP contribution in [-0.4, -0.2) is 40.3 Å². The minimum atomic E-state index is -3.57. The second kappa shape index (κ2) is 8.71. The molecule has 140 valence electrons. The number of sulfonamides is 1. The van der Waals surface area contributed by atoms with Crippen LogP contribution in [0.3, 0.4) is 0 Å². The summed E-state index contributed by atoms with van der Waals surface area (Å²) < 4.78 is 30.8. The minimum absolute atomic E-state index is 0.271. The van der Waals surface area contributed by atoms with E-state index in [0.29, 0.717) is 12.3 Å². The fourth-order valence-electron chi connectivity index (χ4n) is 2.43. The Balaban J connectivity index is 1.89. The van der Waals surface area contributed by atoms with E-state index in [2.05, 4.69) is 5.32 Å². The molecule has 0 unspecified atom stereocenters. The van der Waals surface area contributed by atoms with Gasteiger partial charge in [-0.3, -0.25) is 9.10 Å². The van der Waals surface area contributed by atoms with Gasteiger partial charge in [-0.2, -0.15) is 0 Å². The van der Waals surface area contributed by atoms with Crippen LogP contribution in [-0.2, 0) is 14.8 Å². The third-order valence-corrected chi connectivity index (χ3v) is 4.80. The average Bonchev–Trinajstić information content (AvgIpc) is 2.55. The molecule has 0 aromatic heterocycles. The van der Waals surface area contributed by atoms with Crippen molar-refractivity contribution in [2.75, 3.05) is 30.3 Å². The van der Waals surface area contributed by atoms with Crippen molar-refractivity contribution in [1.29, 1.82) is 0 Å². The Bertz CT molecular complexity index is 865. The van der Waals surface area contributed by atoms with Crippen LogP contribution in [0.1, 0.15) is 11.1 Å². The lowest BCUT2D eigenvalue weighted by Crippen LogP contribution is -2.41. The van der Waals surface area contributed by atoms with Crippen molar-refractivity contribution in [2.45, 2.75) is 13.8 Å². The predicted molar refractivity (Wildman–Crippen MR) is 103 cm³/mol. The molecule has 0 aliphatic rings.